The largest absolute Gasteiger partial charge is 0.457 e. The van der Waals surface area contributed by atoms with Crippen molar-refractivity contribution in [2.75, 3.05) is 13.4 Å². The van der Waals surface area contributed by atoms with Crippen LogP contribution in [0.25, 0.3) is 0 Å². The van der Waals surface area contributed by atoms with Crippen LogP contribution < -0.4 is 9.47 Å². The lowest BCUT2D eigenvalue weighted by molar-refractivity contribution is -0.142. The van der Waals surface area contributed by atoms with E-state index in [9.17, 15) is 9.59 Å². The van der Waals surface area contributed by atoms with Crippen LogP contribution in [-0.2, 0) is 16.0 Å². The summed E-state index contributed by atoms with van der Waals surface area (Å²) in [6.45, 7) is 3.92. The Balaban J connectivity index is 1.47. The average molecular weight is 340 g/mol. The zero-order valence-corrected chi connectivity index (χ0v) is 14.3. The topological polar surface area (TPSA) is 61.8 Å². The first-order valence-electron chi connectivity index (χ1n) is 8.17. The highest BCUT2D eigenvalue weighted by Crippen LogP contribution is 2.32. The molecule has 0 fully saturated rings. The van der Waals surface area contributed by atoms with Crippen molar-refractivity contribution in [3.8, 4) is 11.5 Å². The van der Waals surface area contributed by atoms with E-state index < -0.39 is 5.97 Å². The van der Waals surface area contributed by atoms with E-state index in [1.165, 1.54) is 0 Å². The number of carbonyl (C=O) groups excluding carboxylic acids is 2. The van der Waals surface area contributed by atoms with E-state index in [1.807, 2.05) is 44.2 Å². The van der Waals surface area contributed by atoms with Crippen LogP contribution in [0.5, 0.6) is 11.5 Å². The van der Waals surface area contributed by atoms with Gasteiger partial charge in [0, 0.05) is 12.0 Å². The number of aryl methyl sites for hydroxylation is 3. The smallest absolute Gasteiger partial charge is 0.306 e. The van der Waals surface area contributed by atoms with Crippen LogP contribution in [0.1, 0.15) is 33.5 Å². The fourth-order valence-electron chi connectivity index (χ4n) is 2.56. The van der Waals surface area contributed by atoms with E-state index in [1.54, 1.807) is 6.07 Å². The first-order chi connectivity index (χ1) is 12.0. The molecule has 0 unspecified atom stereocenters. The fraction of sp³-hybridized carbons (Fsp3) is 0.300. The Morgan fingerprint density at radius 3 is 2.60 bits per heavy atom. The highest BCUT2D eigenvalue weighted by atomic mass is 16.7. The molecule has 0 saturated carbocycles. The third-order valence-electron chi connectivity index (χ3n) is 4.25. The molecule has 2 aromatic rings. The number of benzene rings is 2. The van der Waals surface area contributed by atoms with Gasteiger partial charge >= 0.3 is 5.97 Å². The lowest BCUT2D eigenvalue weighted by atomic mass is 10.0. The molecule has 2 aromatic carbocycles. The summed E-state index contributed by atoms with van der Waals surface area (Å²) in [6.07, 6.45) is 0.729. The van der Waals surface area contributed by atoms with Crippen molar-refractivity contribution < 1.29 is 23.8 Å². The minimum Gasteiger partial charge on any atom is -0.457 e. The van der Waals surface area contributed by atoms with Gasteiger partial charge in [0.05, 0.1) is 0 Å². The van der Waals surface area contributed by atoms with Gasteiger partial charge in [-0.05, 0) is 55.2 Å². The van der Waals surface area contributed by atoms with Gasteiger partial charge in [-0.3, -0.25) is 9.59 Å². The van der Waals surface area contributed by atoms with Crippen molar-refractivity contribution in [3.63, 3.8) is 0 Å². The van der Waals surface area contributed by atoms with E-state index in [0.717, 1.165) is 16.7 Å². The van der Waals surface area contributed by atoms with Gasteiger partial charge in [0.15, 0.2) is 23.9 Å². The van der Waals surface area contributed by atoms with Crippen molar-refractivity contribution in [3.05, 3.63) is 58.7 Å². The van der Waals surface area contributed by atoms with Crippen LogP contribution in [0, 0.1) is 13.8 Å². The molecule has 0 saturated heterocycles. The monoisotopic (exact) mass is 340 g/mol. The molecule has 25 heavy (non-hydrogen) atoms. The maximum absolute atomic E-state index is 12.1. The van der Waals surface area contributed by atoms with Gasteiger partial charge in [0.2, 0.25) is 6.79 Å². The van der Waals surface area contributed by atoms with Gasteiger partial charge in [-0.15, -0.1) is 0 Å². The number of Topliss-reactive ketones (excluding diaryl/α,β-unsaturated/α-hetero) is 1. The Bertz CT molecular complexity index is 810. The number of hydrogen-bond acceptors (Lipinski definition) is 5. The third kappa shape index (κ3) is 4.18. The minimum atomic E-state index is -0.394. The molecule has 0 bridgehead atoms. The van der Waals surface area contributed by atoms with Gasteiger partial charge in [-0.25, -0.2) is 0 Å². The second-order valence-corrected chi connectivity index (χ2v) is 6.07. The maximum atomic E-state index is 12.1. The Hall–Kier alpha value is -2.82. The van der Waals surface area contributed by atoms with E-state index in [4.69, 9.17) is 14.2 Å². The first kappa shape index (κ1) is 17.0. The number of ether oxygens (including phenoxy) is 3. The molecular formula is C20H20O5. The Kier molecular flexibility index (Phi) is 5.03. The summed E-state index contributed by atoms with van der Waals surface area (Å²) in [6, 6.07) is 11.0. The molecule has 1 aliphatic heterocycles. The van der Waals surface area contributed by atoms with Gasteiger partial charge < -0.3 is 14.2 Å². The number of ketones is 1. The number of hydrogen-bond donors (Lipinski definition) is 0. The van der Waals surface area contributed by atoms with E-state index in [0.29, 0.717) is 23.5 Å². The summed E-state index contributed by atoms with van der Waals surface area (Å²) in [5.41, 5.74) is 3.69. The van der Waals surface area contributed by atoms with Gasteiger partial charge in [-0.1, -0.05) is 18.2 Å². The summed E-state index contributed by atoms with van der Waals surface area (Å²) in [4.78, 5) is 24.0. The first-order valence-corrected chi connectivity index (χ1v) is 8.17. The molecule has 0 atom stereocenters. The predicted octanol–water partition coefficient (Wildman–Crippen LogP) is 3.39. The molecule has 1 heterocycles. The Morgan fingerprint density at radius 1 is 1.00 bits per heavy atom. The number of esters is 1. The van der Waals surface area contributed by atoms with Gasteiger partial charge in [0.1, 0.15) is 0 Å². The molecule has 0 radical (unpaired) electrons. The zero-order valence-electron chi connectivity index (χ0n) is 14.3. The fourth-order valence-corrected chi connectivity index (χ4v) is 2.56. The third-order valence-corrected chi connectivity index (χ3v) is 4.25. The summed E-state index contributed by atoms with van der Waals surface area (Å²) >= 11 is 0. The van der Waals surface area contributed by atoms with Crippen LogP contribution in [0.3, 0.4) is 0 Å². The minimum absolute atomic E-state index is 0.195. The molecule has 0 amide bonds. The Labute approximate surface area is 146 Å². The van der Waals surface area contributed by atoms with Crippen molar-refractivity contribution in [2.24, 2.45) is 0 Å². The van der Waals surface area contributed by atoms with Crippen molar-refractivity contribution in [1.29, 1.82) is 0 Å². The number of carbonyl (C=O) groups is 2. The lowest BCUT2D eigenvalue weighted by Gasteiger charge is -2.07. The summed E-state index contributed by atoms with van der Waals surface area (Å²) in [7, 11) is 0. The normalized spacial score (nSPS) is 12.1. The summed E-state index contributed by atoms with van der Waals surface area (Å²) in [5, 5.41) is 0. The molecule has 5 heteroatoms. The number of fused-ring (bicyclic) bond motifs is 1. The molecule has 0 aromatic heterocycles. The van der Waals surface area contributed by atoms with Crippen molar-refractivity contribution in [1.82, 2.24) is 0 Å². The molecule has 1 aliphatic rings. The van der Waals surface area contributed by atoms with Crippen molar-refractivity contribution >= 4 is 11.8 Å². The van der Waals surface area contributed by atoms with Crippen LogP contribution in [0.4, 0.5) is 0 Å². The maximum Gasteiger partial charge on any atom is 0.306 e. The molecule has 0 aliphatic carbocycles. The van der Waals surface area contributed by atoms with Crippen LogP contribution in [0.15, 0.2) is 36.4 Å². The Morgan fingerprint density at radius 2 is 1.80 bits per heavy atom. The summed E-state index contributed by atoms with van der Waals surface area (Å²) < 4.78 is 15.7. The summed E-state index contributed by atoms with van der Waals surface area (Å²) in [5.74, 6) is 0.815. The van der Waals surface area contributed by atoms with Gasteiger partial charge in [0.25, 0.3) is 0 Å². The quantitative estimate of drug-likeness (QED) is 0.596. The molecule has 3 rings (SSSR count). The second kappa shape index (κ2) is 7.38. The molecule has 0 N–H and O–H groups in total. The van der Waals surface area contributed by atoms with Crippen LogP contribution in [-0.4, -0.2) is 25.2 Å². The highest BCUT2D eigenvalue weighted by Gasteiger charge is 2.14. The molecule has 0 spiro atoms. The SMILES string of the molecule is Cc1ccc(C(=O)COC(=O)CCc2ccc3c(c2)OCO3)cc1C. The molecule has 130 valence electrons. The highest BCUT2D eigenvalue weighted by molar-refractivity contribution is 5.98. The molecule has 5 nitrogen and oxygen atoms in total. The standard InChI is InChI=1S/C20H20O5/c1-13-3-6-16(9-14(13)2)17(21)11-23-20(22)8-5-15-4-7-18-19(10-15)25-12-24-18/h3-4,6-7,9-10H,5,8,11-12H2,1-2H3. The number of rotatable bonds is 6. The van der Waals surface area contributed by atoms with Crippen molar-refractivity contribution in [2.45, 2.75) is 26.7 Å². The van der Waals surface area contributed by atoms with Crippen LogP contribution >= 0.6 is 0 Å². The predicted molar refractivity (Wildman–Crippen MR) is 92.1 cm³/mol. The van der Waals surface area contributed by atoms with E-state index in [2.05, 4.69) is 0 Å². The zero-order chi connectivity index (χ0) is 17.8. The lowest BCUT2D eigenvalue weighted by Crippen LogP contribution is -2.14. The van der Waals surface area contributed by atoms with Gasteiger partial charge in [-0.2, -0.15) is 0 Å². The van der Waals surface area contributed by atoms with E-state index >= 15 is 0 Å². The average Bonchev–Trinajstić information content (AvgIpc) is 3.08. The molecular weight excluding hydrogens is 320 g/mol. The second-order valence-electron chi connectivity index (χ2n) is 6.07. The van der Waals surface area contributed by atoms with Crippen LogP contribution in [0.2, 0.25) is 0 Å². The van der Waals surface area contributed by atoms with E-state index in [-0.39, 0.29) is 25.6 Å².